The van der Waals surface area contributed by atoms with Crippen LogP contribution in [0.5, 0.6) is 5.19 Å². The van der Waals surface area contributed by atoms with Crippen LogP contribution >= 0.6 is 11.3 Å². The molecule has 0 saturated carbocycles. The maximum absolute atomic E-state index is 5.34. The molecule has 3 heteroatoms. The summed E-state index contributed by atoms with van der Waals surface area (Å²) >= 11 is 1.58. The first-order valence-corrected chi connectivity index (χ1v) is 4.09. The zero-order valence-electron chi connectivity index (χ0n) is 6.42. The van der Waals surface area contributed by atoms with Gasteiger partial charge in [0.25, 0.3) is 5.19 Å². The highest BCUT2D eigenvalue weighted by Crippen LogP contribution is 2.19. The Bertz CT molecular complexity index is 207. The summed E-state index contributed by atoms with van der Waals surface area (Å²) in [6.07, 6.45) is 2.05. The molecule has 2 nitrogen and oxygen atoms in total. The highest BCUT2D eigenvalue weighted by Gasteiger charge is 2.00. The van der Waals surface area contributed by atoms with E-state index in [0.717, 1.165) is 5.19 Å². The van der Waals surface area contributed by atoms with Crippen molar-refractivity contribution in [2.75, 3.05) is 0 Å². The zero-order valence-corrected chi connectivity index (χ0v) is 7.23. The van der Waals surface area contributed by atoms with Gasteiger partial charge in [-0.05, 0) is 20.8 Å². The molecular formula is C7H11NOS. The van der Waals surface area contributed by atoms with Crippen LogP contribution in [-0.2, 0) is 0 Å². The number of ether oxygens (including phenoxy) is 1. The number of aryl methyl sites for hydroxylation is 1. The molecule has 0 aliphatic heterocycles. The van der Waals surface area contributed by atoms with Gasteiger partial charge in [0.2, 0.25) is 0 Å². The monoisotopic (exact) mass is 157 g/mol. The van der Waals surface area contributed by atoms with Crippen LogP contribution in [0.4, 0.5) is 0 Å². The number of rotatable bonds is 2. The molecule has 0 spiro atoms. The summed E-state index contributed by atoms with van der Waals surface area (Å²) in [6, 6.07) is 0. The zero-order chi connectivity index (χ0) is 7.56. The summed E-state index contributed by atoms with van der Waals surface area (Å²) in [5.74, 6) is 0. The van der Waals surface area contributed by atoms with Crippen molar-refractivity contribution in [3.05, 3.63) is 11.1 Å². The Kier molecular flexibility index (Phi) is 2.27. The Morgan fingerprint density at radius 3 is 2.70 bits per heavy atom. The third kappa shape index (κ3) is 1.99. The van der Waals surface area contributed by atoms with Gasteiger partial charge in [0.1, 0.15) is 0 Å². The number of nitrogens with zero attached hydrogens (tertiary/aromatic N) is 1. The Morgan fingerprint density at radius 1 is 1.60 bits per heavy atom. The maximum atomic E-state index is 5.34. The van der Waals surface area contributed by atoms with Gasteiger partial charge in [0.05, 0.1) is 6.10 Å². The summed E-state index contributed by atoms with van der Waals surface area (Å²) in [7, 11) is 0. The molecule has 1 rings (SSSR count). The van der Waals surface area contributed by atoms with Crippen LogP contribution in [-0.4, -0.2) is 11.1 Å². The smallest absolute Gasteiger partial charge is 0.273 e. The summed E-state index contributed by atoms with van der Waals surface area (Å²) in [5.41, 5.74) is 0. The highest BCUT2D eigenvalue weighted by molar-refractivity contribution is 7.13. The van der Waals surface area contributed by atoms with E-state index >= 15 is 0 Å². The minimum atomic E-state index is 0.227. The maximum Gasteiger partial charge on any atom is 0.273 e. The third-order valence-corrected chi connectivity index (χ3v) is 1.74. The van der Waals surface area contributed by atoms with Gasteiger partial charge < -0.3 is 4.74 Å². The van der Waals surface area contributed by atoms with Gasteiger partial charge in [0, 0.05) is 11.1 Å². The van der Waals surface area contributed by atoms with Crippen molar-refractivity contribution >= 4 is 11.3 Å². The minimum absolute atomic E-state index is 0.227. The molecule has 0 atom stereocenters. The average Bonchev–Trinajstić information content (AvgIpc) is 2.13. The van der Waals surface area contributed by atoms with Gasteiger partial charge in [-0.15, -0.1) is 0 Å². The fraction of sp³-hybridized carbons (Fsp3) is 0.571. The highest BCUT2D eigenvalue weighted by atomic mass is 32.1. The molecule has 0 aromatic carbocycles. The molecule has 0 amide bonds. The summed E-state index contributed by atoms with van der Waals surface area (Å²) in [6.45, 7) is 6.01. The van der Waals surface area contributed by atoms with Crippen molar-refractivity contribution in [3.8, 4) is 5.19 Å². The van der Waals surface area contributed by atoms with Crippen LogP contribution in [0.2, 0.25) is 0 Å². The quantitative estimate of drug-likeness (QED) is 0.656. The Balaban J connectivity index is 2.58. The average molecular weight is 157 g/mol. The molecule has 0 aliphatic carbocycles. The predicted molar refractivity (Wildman–Crippen MR) is 42.6 cm³/mol. The second-order valence-electron chi connectivity index (χ2n) is 2.40. The predicted octanol–water partition coefficient (Wildman–Crippen LogP) is 2.24. The normalized spacial score (nSPS) is 10.4. The lowest BCUT2D eigenvalue weighted by Gasteiger charge is -2.03. The van der Waals surface area contributed by atoms with Crippen LogP contribution in [0.3, 0.4) is 0 Å². The van der Waals surface area contributed by atoms with Gasteiger partial charge in [-0.25, -0.2) is 4.98 Å². The SMILES string of the molecule is Cc1cnc(OC(C)C)s1. The number of thiazole rings is 1. The van der Waals surface area contributed by atoms with Crippen LogP contribution in [0.1, 0.15) is 18.7 Å². The first-order chi connectivity index (χ1) is 4.68. The molecule has 1 aromatic rings. The molecule has 0 N–H and O–H groups in total. The summed E-state index contributed by atoms with van der Waals surface area (Å²) < 4.78 is 5.34. The molecule has 0 bridgehead atoms. The second-order valence-corrected chi connectivity index (χ2v) is 3.60. The molecule has 0 unspecified atom stereocenters. The van der Waals surface area contributed by atoms with Gasteiger partial charge in [-0.1, -0.05) is 11.3 Å². The van der Waals surface area contributed by atoms with E-state index in [4.69, 9.17) is 4.74 Å². The van der Waals surface area contributed by atoms with E-state index in [1.54, 1.807) is 11.3 Å². The minimum Gasteiger partial charge on any atom is -0.467 e. The second kappa shape index (κ2) is 3.01. The number of aromatic nitrogens is 1. The molecule has 1 aromatic heterocycles. The Morgan fingerprint density at radius 2 is 2.30 bits per heavy atom. The fourth-order valence-electron chi connectivity index (χ4n) is 0.590. The van der Waals surface area contributed by atoms with Crippen molar-refractivity contribution in [1.29, 1.82) is 0 Å². The van der Waals surface area contributed by atoms with Crippen molar-refractivity contribution in [2.45, 2.75) is 26.9 Å². The Labute approximate surface area is 64.9 Å². The summed E-state index contributed by atoms with van der Waals surface area (Å²) in [4.78, 5) is 5.24. The van der Waals surface area contributed by atoms with Crippen LogP contribution in [0, 0.1) is 6.92 Å². The fourth-order valence-corrected chi connectivity index (χ4v) is 1.32. The van der Waals surface area contributed by atoms with E-state index in [9.17, 15) is 0 Å². The topological polar surface area (TPSA) is 22.1 Å². The molecule has 0 fully saturated rings. The standard InChI is InChI=1S/C7H11NOS/c1-5(2)9-7-8-4-6(3)10-7/h4-5H,1-3H3. The van der Waals surface area contributed by atoms with Crippen molar-refractivity contribution < 1.29 is 4.74 Å². The van der Waals surface area contributed by atoms with Gasteiger partial charge >= 0.3 is 0 Å². The van der Waals surface area contributed by atoms with Crippen molar-refractivity contribution in [1.82, 2.24) is 4.98 Å². The van der Waals surface area contributed by atoms with E-state index in [-0.39, 0.29) is 6.10 Å². The summed E-state index contributed by atoms with van der Waals surface area (Å²) in [5, 5.41) is 0.771. The first-order valence-electron chi connectivity index (χ1n) is 3.27. The van der Waals surface area contributed by atoms with Crippen molar-refractivity contribution in [3.63, 3.8) is 0 Å². The lowest BCUT2D eigenvalue weighted by atomic mass is 10.5. The van der Waals surface area contributed by atoms with Crippen molar-refractivity contribution in [2.24, 2.45) is 0 Å². The van der Waals surface area contributed by atoms with Crippen LogP contribution < -0.4 is 4.74 Å². The lowest BCUT2D eigenvalue weighted by Crippen LogP contribution is -2.04. The molecule has 56 valence electrons. The van der Waals surface area contributed by atoms with E-state index in [0.29, 0.717) is 0 Å². The largest absolute Gasteiger partial charge is 0.467 e. The number of hydrogen-bond donors (Lipinski definition) is 0. The van der Waals surface area contributed by atoms with E-state index in [2.05, 4.69) is 4.98 Å². The van der Waals surface area contributed by atoms with E-state index in [1.165, 1.54) is 4.88 Å². The lowest BCUT2D eigenvalue weighted by molar-refractivity contribution is 0.241. The van der Waals surface area contributed by atoms with E-state index < -0.39 is 0 Å². The molecule has 0 radical (unpaired) electrons. The van der Waals surface area contributed by atoms with Crippen LogP contribution in [0.25, 0.3) is 0 Å². The van der Waals surface area contributed by atoms with Crippen LogP contribution in [0.15, 0.2) is 6.20 Å². The molecular weight excluding hydrogens is 146 g/mol. The van der Waals surface area contributed by atoms with E-state index in [1.807, 2.05) is 27.0 Å². The number of hydrogen-bond acceptors (Lipinski definition) is 3. The van der Waals surface area contributed by atoms with Gasteiger partial charge in [0.15, 0.2) is 0 Å². The molecule has 1 heterocycles. The van der Waals surface area contributed by atoms with Gasteiger partial charge in [-0.2, -0.15) is 0 Å². The molecule has 0 saturated heterocycles. The Hall–Kier alpha value is -0.570. The first kappa shape index (κ1) is 7.54. The molecule has 10 heavy (non-hydrogen) atoms. The third-order valence-electron chi connectivity index (χ3n) is 0.937. The molecule has 0 aliphatic rings. The van der Waals surface area contributed by atoms with Gasteiger partial charge in [-0.3, -0.25) is 0 Å².